The van der Waals surface area contributed by atoms with Crippen LogP contribution in [0.25, 0.3) is 0 Å². The first-order valence-electron chi connectivity index (χ1n) is 23.5. The smallest absolute Gasteiger partial charge is 0.462 e. The number of allylic oxidation sites excluding steroid dienone is 7. The second-order valence-electron chi connectivity index (χ2n) is 17.6. The van der Waals surface area contributed by atoms with E-state index in [1.807, 2.05) is 21.1 Å². The van der Waals surface area contributed by atoms with Crippen LogP contribution in [-0.4, -0.2) is 103 Å². The van der Waals surface area contributed by atoms with Crippen LogP contribution < -0.4 is 0 Å². The van der Waals surface area contributed by atoms with E-state index in [1.54, 1.807) is 12.2 Å². The largest absolute Gasteiger partial charge is 0.472 e. The number of hydrogen-bond acceptors (Lipinski definition) is 10. The number of phosphoric acid groups is 1. The standard InChI is InChI=1S/C48H84NO11P/c1-6-8-10-11-12-13-14-15-16-17-18-19-20-21-22-23-28-32-47(53)57-39-42(40-59-61(55,56)58-37-36-49(3,4)5)60-48(54)33-29-25-24-27-31-43-44(46(52)38-45(43)51)35-34-41(50)30-26-9-7-2/h12-13,15-16,18-19,34-35,41-45,50-51H,6-11,14,17,20-33,36-40H2,1-5H3/p+1/b13-12-,16-15-,19-18-,35-34+/t41-,42+,43+,44+,45-/m0/s1. The lowest BCUT2D eigenvalue weighted by Gasteiger charge is -2.24. The monoisotopic (exact) mass is 883 g/mol. The van der Waals surface area contributed by atoms with Gasteiger partial charge in [0.15, 0.2) is 6.10 Å². The predicted octanol–water partition coefficient (Wildman–Crippen LogP) is 10.1. The van der Waals surface area contributed by atoms with Gasteiger partial charge in [0.25, 0.3) is 0 Å². The topological polar surface area (TPSA) is 166 Å². The van der Waals surface area contributed by atoms with Gasteiger partial charge in [-0.3, -0.25) is 23.4 Å². The van der Waals surface area contributed by atoms with Gasteiger partial charge in [-0.1, -0.05) is 127 Å². The fourth-order valence-electron chi connectivity index (χ4n) is 6.98. The van der Waals surface area contributed by atoms with Crippen molar-refractivity contribution in [2.24, 2.45) is 11.8 Å². The van der Waals surface area contributed by atoms with Crippen LogP contribution in [-0.2, 0) is 37.5 Å². The van der Waals surface area contributed by atoms with Gasteiger partial charge in [-0.25, -0.2) is 4.57 Å². The van der Waals surface area contributed by atoms with Gasteiger partial charge < -0.3 is 29.1 Å². The Morgan fingerprint density at radius 1 is 0.770 bits per heavy atom. The average Bonchev–Trinajstić information content (AvgIpc) is 3.47. The molecule has 1 unspecified atom stereocenters. The molecule has 61 heavy (non-hydrogen) atoms. The molecule has 6 atom stereocenters. The van der Waals surface area contributed by atoms with E-state index < -0.39 is 50.6 Å². The summed E-state index contributed by atoms with van der Waals surface area (Å²) in [6.07, 6.45) is 33.4. The number of unbranched alkanes of at least 4 members (excludes halogenated alkanes) is 12. The van der Waals surface area contributed by atoms with Crippen molar-refractivity contribution < 1.29 is 57.1 Å². The number of ether oxygens (including phenoxy) is 2. The fourth-order valence-corrected chi connectivity index (χ4v) is 7.72. The number of nitrogens with zero attached hydrogens (tertiary/aromatic N) is 1. The van der Waals surface area contributed by atoms with E-state index in [0.29, 0.717) is 36.7 Å². The van der Waals surface area contributed by atoms with Crippen LogP contribution in [0.3, 0.4) is 0 Å². The zero-order chi connectivity index (χ0) is 45.2. The highest BCUT2D eigenvalue weighted by Crippen LogP contribution is 2.43. The van der Waals surface area contributed by atoms with Crippen LogP contribution in [0, 0.1) is 11.8 Å². The van der Waals surface area contributed by atoms with E-state index in [-0.39, 0.29) is 44.2 Å². The first kappa shape index (κ1) is 56.6. The van der Waals surface area contributed by atoms with Crippen molar-refractivity contribution in [2.75, 3.05) is 47.5 Å². The van der Waals surface area contributed by atoms with Crippen LogP contribution in [0.1, 0.15) is 162 Å². The van der Waals surface area contributed by atoms with Crippen molar-refractivity contribution in [3.8, 4) is 0 Å². The van der Waals surface area contributed by atoms with Gasteiger partial charge in [0, 0.05) is 25.2 Å². The molecule has 0 aromatic heterocycles. The second kappa shape index (κ2) is 35.0. The summed E-state index contributed by atoms with van der Waals surface area (Å²) in [5, 5.41) is 20.8. The summed E-state index contributed by atoms with van der Waals surface area (Å²) in [6, 6.07) is 0. The number of likely N-dealkylation sites (N-methyl/N-ethyl adjacent to an activating group) is 1. The number of carbonyl (C=O) groups is 3. The number of esters is 2. The van der Waals surface area contributed by atoms with Crippen molar-refractivity contribution in [3.05, 3.63) is 48.6 Å². The molecule has 0 aromatic carbocycles. The number of Topliss-reactive ketones (excluding diaryl/α,β-unsaturated/α-hetero) is 1. The maximum atomic E-state index is 12.8. The van der Waals surface area contributed by atoms with Gasteiger partial charge in [0.1, 0.15) is 25.5 Å². The minimum atomic E-state index is -4.45. The maximum absolute atomic E-state index is 12.8. The van der Waals surface area contributed by atoms with Gasteiger partial charge >= 0.3 is 19.8 Å². The number of quaternary nitrogens is 1. The zero-order valence-electron chi connectivity index (χ0n) is 38.6. The van der Waals surface area contributed by atoms with Crippen LogP contribution in [0.5, 0.6) is 0 Å². The van der Waals surface area contributed by atoms with Crippen molar-refractivity contribution in [2.45, 2.75) is 180 Å². The van der Waals surface area contributed by atoms with E-state index in [1.165, 1.54) is 25.7 Å². The quantitative estimate of drug-likeness (QED) is 0.0178. The highest BCUT2D eigenvalue weighted by atomic mass is 31.2. The van der Waals surface area contributed by atoms with E-state index in [9.17, 15) is 34.1 Å². The number of aliphatic hydroxyl groups excluding tert-OH is 2. The Morgan fingerprint density at radius 3 is 1.98 bits per heavy atom. The number of ketones is 1. The molecule has 1 fully saturated rings. The fraction of sp³-hybridized carbons (Fsp3) is 0.771. The summed E-state index contributed by atoms with van der Waals surface area (Å²) in [4.78, 5) is 48.2. The third-order valence-electron chi connectivity index (χ3n) is 10.7. The molecule has 1 rings (SSSR count). The molecule has 1 aliphatic carbocycles. The van der Waals surface area contributed by atoms with Gasteiger partial charge in [0.2, 0.25) is 0 Å². The molecule has 13 heteroatoms. The molecular weight excluding hydrogens is 797 g/mol. The molecule has 0 radical (unpaired) electrons. The molecule has 0 heterocycles. The molecule has 0 aromatic rings. The Kier molecular flexibility index (Phi) is 32.4. The Hall–Kier alpha value is -2.44. The molecule has 3 N–H and O–H groups in total. The lowest BCUT2D eigenvalue weighted by atomic mass is 9.88. The van der Waals surface area contributed by atoms with Gasteiger partial charge in [-0.05, 0) is 70.1 Å². The third-order valence-corrected chi connectivity index (χ3v) is 11.7. The summed E-state index contributed by atoms with van der Waals surface area (Å²) in [7, 11) is 1.31. The summed E-state index contributed by atoms with van der Waals surface area (Å²) < 4.78 is 34.3. The van der Waals surface area contributed by atoms with Crippen molar-refractivity contribution in [3.63, 3.8) is 0 Å². The third kappa shape index (κ3) is 32.0. The molecule has 0 saturated heterocycles. The minimum Gasteiger partial charge on any atom is -0.462 e. The molecule has 352 valence electrons. The van der Waals surface area contributed by atoms with Crippen LogP contribution in [0.2, 0.25) is 0 Å². The van der Waals surface area contributed by atoms with Crippen LogP contribution >= 0.6 is 7.82 Å². The Morgan fingerprint density at radius 2 is 1.34 bits per heavy atom. The molecule has 0 spiro atoms. The van der Waals surface area contributed by atoms with Crippen molar-refractivity contribution in [1.29, 1.82) is 0 Å². The van der Waals surface area contributed by atoms with Crippen LogP contribution in [0.4, 0.5) is 0 Å². The number of hydrogen-bond donors (Lipinski definition) is 3. The van der Waals surface area contributed by atoms with E-state index in [0.717, 1.165) is 77.0 Å². The van der Waals surface area contributed by atoms with E-state index >= 15 is 0 Å². The summed E-state index contributed by atoms with van der Waals surface area (Å²) in [5.74, 6) is -1.57. The Bertz CT molecular complexity index is 1340. The molecule has 0 aliphatic heterocycles. The molecule has 1 saturated carbocycles. The molecule has 0 amide bonds. The van der Waals surface area contributed by atoms with E-state index in [2.05, 4.69) is 50.3 Å². The van der Waals surface area contributed by atoms with Crippen LogP contribution in [0.15, 0.2) is 48.6 Å². The number of carbonyl (C=O) groups excluding carboxylic acids is 3. The zero-order valence-corrected chi connectivity index (χ0v) is 39.5. The number of aliphatic hydroxyl groups is 2. The predicted molar refractivity (Wildman–Crippen MR) is 244 cm³/mol. The Balaban J connectivity index is 2.47. The molecular formula is C48H85NO11P+. The lowest BCUT2D eigenvalue weighted by Crippen LogP contribution is -2.37. The minimum absolute atomic E-state index is 0.0000137. The van der Waals surface area contributed by atoms with Gasteiger partial charge in [0.05, 0.1) is 40.0 Å². The van der Waals surface area contributed by atoms with Crippen molar-refractivity contribution in [1.82, 2.24) is 0 Å². The summed E-state index contributed by atoms with van der Waals surface area (Å²) >= 11 is 0. The van der Waals surface area contributed by atoms with E-state index in [4.69, 9.17) is 18.5 Å². The van der Waals surface area contributed by atoms with Gasteiger partial charge in [-0.2, -0.15) is 0 Å². The first-order valence-corrected chi connectivity index (χ1v) is 25.0. The number of rotatable bonds is 38. The second-order valence-corrected chi connectivity index (χ2v) is 19.0. The highest BCUT2D eigenvalue weighted by molar-refractivity contribution is 7.47. The summed E-state index contributed by atoms with van der Waals surface area (Å²) in [5.41, 5.74) is 0. The summed E-state index contributed by atoms with van der Waals surface area (Å²) in [6.45, 7) is 3.98. The Labute approximate surface area is 369 Å². The SMILES string of the molecule is CCCCC/C=C\C/C=C\C/C=C\CCCCCCC(=O)OC[C@H](COP(=O)(O)OCC[N+](C)(C)C)OC(=O)CCCCCC[C@H]1[C@@H](O)CC(=O)[C@@H]1/C=C/[C@@H](O)CCCCC. The highest BCUT2D eigenvalue weighted by Gasteiger charge is 2.39. The molecule has 1 aliphatic rings. The lowest BCUT2D eigenvalue weighted by molar-refractivity contribution is -0.870. The van der Waals surface area contributed by atoms with Crippen molar-refractivity contribution >= 4 is 25.5 Å². The first-order chi connectivity index (χ1) is 29.2. The molecule has 12 nitrogen and oxygen atoms in total. The molecule has 0 bridgehead atoms. The normalized spacial score (nSPS) is 19.4. The maximum Gasteiger partial charge on any atom is 0.472 e. The average molecular weight is 883 g/mol. The number of phosphoric ester groups is 1. The van der Waals surface area contributed by atoms with Gasteiger partial charge in [-0.15, -0.1) is 0 Å².